The Hall–Kier alpha value is -1.78. The zero-order valence-electron chi connectivity index (χ0n) is 6.66. The number of nitrogen functional groups attached to an aromatic ring is 1. The number of hydrogen-bond acceptors (Lipinski definition) is 4. The van der Waals surface area contributed by atoms with Crippen molar-refractivity contribution < 1.29 is 4.79 Å². The number of nitrogens with one attached hydrogen (secondary N) is 1. The zero-order chi connectivity index (χ0) is 9.14. The number of amides is 1. The summed E-state index contributed by atoms with van der Waals surface area (Å²) in [5, 5.41) is 2.79. The van der Waals surface area contributed by atoms with Gasteiger partial charge in [-0.3, -0.25) is 4.79 Å². The van der Waals surface area contributed by atoms with Gasteiger partial charge in [0.25, 0.3) is 5.91 Å². The van der Waals surface area contributed by atoms with Crippen LogP contribution in [-0.2, 0) is 0 Å². The Balaban J connectivity index is 3.12. The number of aromatic nitrogens is 1. The van der Waals surface area contributed by atoms with Crippen LogP contribution in [0.25, 0.3) is 0 Å². The lowest BCUT2D eigenvalue weighted by atomic mass is 10.2. The molecule has 0 saturated heterocycles. The molecule has 0 radical (unpaired) electrons. The highest BCUT2D eigenvalue weighted by atomic mass is 16.1. The highest BCUT2D eigenvalue weighted by Gasteiger charge is 2.06. The van der Waals surface area contributed by atoms with Crippen molar-refractivity contribution in [2.45, 2.75) is 0 Å². The van der Waals surface area contributed by atoms with E-state index in [9.17, 15) is 4.79 Å². The summed E-state index contributed by atoms with van der Waals surface area (Å²) in [6.07, 6.45) is 0. The molecule has 0 unspecified atom stereocenters. The van der Waals surface area contributed by atoms with Crippen LogP contribution in [0.1, 0.15) is 10.4 Å². The smallest absolute Gasteiger partial charge is 0.252 e. The van der Waals surface area contributed by atoms with Gasteiger partial charge in [-0.25, -0.2) is 4.98 Å². The summed E-state index contributed by atoms with van der Waals surface area (Å²) in [4.78, 5) is 14.6. The SMILES string of the molecule is CNc1ccc(C(N)=O)c(N)n1. The second kappa shape index (κ2) is 3.08. The van der Waals surface area contributed by atoms with Crippen LogP contribution in [0.2, 0.25) is 0 Å². The van der Waals surface area contributed by atoms with Crippen molar-refractivity contribution in [3.63, 3.8) is 0 Å². The van der Waals surface area contributed by atoms with Crippen molar-refractivity contribution in [1.29, 1.82) is 0 Å². The lowest BCUT2D eigenvalue weighted by Gasteiger charge is -2.02. The Morgan fingerprint density at radius 3 is 2.67 bits per heavy atom. The van der Waals surface area contributed by atoms with Crippen LogP contribution in [0.15, 0.2) is 12.1 Å². The van der Waals surface area contributed by atoms with Gasteiger partial charge in [0.1, 0.15) is 11.6 Å². The molecule has 12 heavy (non-hydrogen) atoms. The molecule has 0 fully saturated rings. The number of primary amides is 1. The van der Waals surface area contributed by atoms with E-state index >= 15 is 0 Å². The molecule has 0 saturated carbocycles. The fourth-order valence-electron chi connectivity index (χ4n) is 0.823. The normalized spacial score (nSPS) is 9.42. The van der Waals surface area contributed by atoms with Gasteiger partial charge in [0.05, 0.1) is 5.56 Å². The molecule has 64 valence electrons. The van der Waals surface area contributed by atoms with Crippen LogP contribution in [-0.4, -0.2) is 17.9 Å². The standard InChI is InChI=1S/C7H10N4O/c1-10-5-3-2-4(7(9)12)6(8)11-5/h2-3H,1H3,(H2,9,12)(H3,8,10,11). The minimum Gasteiger partial charge on any atom is -0.383 e. The molecule has 1 amide bonds. The molecule has 1 aromatic rings. The second-order valence-electron chi connectivity index (χ2n) is 2.24. The van der Waals surface area contributed by atoms with Gasteiger partial charge < -0.3 is 16.8 Å². The molecule has 0 bridgehead atoms. The lowest BCUT2D eigenvalue weighted by molar-refractivity contribution is 0.100. The molecule has 5 heteroatoms. The molecule has 1 rings (SSSR count). The maximum Gasteiger partial charge on any atom is 0.252 e. The summed E-state index contributed by atoms with van der Waals surface area (Å²) >= 11 is 0. The van der Waals surface area contributed by atoms with E-state index < -0.39 is 5.91 Å². The molecule has 0 aromatic carbocycles. The van der Waals surface area contributed by atoms with Crippen molar-refractivity contribution in [2.75, 3.05) is 18.1 Å². The van der Waals surface area contributed by atoms with Crippen molar-refractivity contribution in [3.05, 3.63) is 17.7 Å². The molecule has 0 aliphatic rings. The molecule has 1 heterocycles. The summed E-state index contributed by atoms with van der Waals surface area (Å²) in [5.74, 6) is 0.189. The quantitative estimate of drug-likeness (QED) is 0.567. The van der Waals surface area contributed by atoms with Crippen molar-refractivity contribution in [3.8, 4) is 0 Å². The molecule has 0 spiro atoms. The Morgan fingerprint density at radius 2 is 2.25 bits per heavy atom. The van der Waals surface area contributed by atoms with Crippen molar-refractivity contribution in [2.24, 2.45) is 5.73 Å². The molecule has 5 nitrogen and oxygen atoms in total. The molecule has 1 aromatic heterocycles. The number of hydrogen-bond donors (Lipinski definition) is 3. The summed E-state index contributed by atoms with van der Waals surface area (Å²) in [6.45, 7) is 0. The maximum absolute atomic E-state index is 10.7. The summed E-state index contributed by atoms with van der Waals surface area (Å²) in [5.41, 5.74) is 10.7. The van der Waals surface area contributed by atoms with E-state index in [0.717, 1.165) is 0 Å². The van der Waals surface area contributed by atoms with Crippen LogP contribution in [0.5, 0.6) is 0 Å². The minimum absolute atomic E-state index is 0.148. The Bertz CT molecular complexity index is 310. The van der Waals surface area contributed by atoms with Gasteiger partial charge in [-0.05, 0) is 12.1 Å². The molecule has 0 aliphatic carbocycles. The number of nitrogens with zero attached hydrogens (tertiary/aromatic N) is 1. The fraction of sp³-hybridized carbons (Fsp3) is 0.143. The van der Waals surface area contributed by atoms with Crippen LogP contribution >= 0.6 is 0 Å². The van der Waals surface area contributed by atoms with E-state index in [0.29, 0.717) is 5.82 Å². The third-order valence-corrected chi connectivity index (χ3v) is 1.45. The maximum atomic E-state index is 10.7. The largest absolute Gasteiger partial charge is 0.383 e. The van der Waals surface area contributed by atoms with Gasteiger partial charge in [-0.1, -0.05) is 0 Å². The van der Waals surface area contributed by atoms with E-state index in [2.05, 4.69) is 10.3 Å². The van der Waals surface area contributed by atoms with E-state index in [-0.39, 0.29) is 11.4 Å². The highest BCUT2D eigenvalue weighted by Crippen LogP contribution is 2.11. The third-order valence-electron chi connectivity index (χ3n) is 1.45. The van der Waals surface area contributed by atoms with Gasteiger partial charge >= 0.3 is 0 Å². The molecule has 0 atom stereocenters. The topological polar surface area (TPSA) is 94.0 Å². The second-order valence-corrected chi connectivity index (χ2v) is 2.24. The third kappa shape index (κ3) is 1.45. The molecular weight excluding hydrogens is 156 g/mol. The number of carbonyl (C=O) groups excluding carboxylic acids is 1. The average molecular weight is 166 g/mol. The predicted molar refractivity (Wildman–Crippen MR) is 46.7 cm³/mol. The van der Waals surface area contributed by atoms with E-state index in [1.807, 2.05) is 0 Å². The van der Waals surface area contributed by atoms with Gasteiger partial charge in [-0.15, -0.1) is 0 Å². The summed E-state index contributed by atoms with van der Waals surface area (Å²) < 4.78 is 0. The first-order valence-electron chi connectivity index (χ1n) is 3.39. The van der Waals surface area contributed by atoms with E-state index in [1.54, 1.807) is 13.1 Å². The highest BCUT2D eigenvalue weighted by molar-refractivity contribution is 5.97. The van der Waals surface area contributed by atoms with Crippen LogP contribution in [0.4, 0.5) is 11.6 Å². The minimum atomic E-state index is -0.567. The fourth-order valence-corrected chi connectivity index (χ4v) is 0.823. The predicted octanol–water partition coefficient (Wildman–Crippen LogP) is -0.196. The molecule has 0 aliphatic heterocycles. The zero-order valence-corrected chi connectivity index (χ0v) is 6.66. The van der Waals surface area contributed by atoms with Crippen LogP contribution in [0.3, 0.4) is 0 Å². The summed E-state index contributed by atoms with van der Waals surface area (Å²) in [6, 6.07) is 3.17. The number of pyridine rings is 1. The van der Waals surface area contributed by atoms with Gasteiger partial charge in [0.2, 0.25) is 0 Å². The first-order chi connectivity index (χ1) is 5.65. The molecular formula is C7H10N4O. The van der Waals surface area contributed by atoms with Gasteiger partial charge in [0.15, 0.2) is 0 Å². The lowest BCUT2D eigenvalue weighted by Crippen LogP contribution is -2.14. The van der Waals surface area contributed by atoms with Gasteiger partial charge in [0, 0.05) is 7.05 Å². The average Bonchev–Trinajstić information content (AvgIpc) is 2.03. The van der Waals surface area contributed by atoms with Crippen molar-refractivity contribution in [1.82, 2.24) is 4.98 Å². The van der Waals surface area contributed by atoms with E-state index in [1.165, 1.54) is 6.07 Å². The van der Waals surface area contributed by atoms with Gasteiger partial charge in [-0.2, -0.15) is 0 Å². The Labute approximate surface area is 69.8 Å². The first kappa shape index (κ1) is 8.32. The van der Waals surface area contributed by atoms with Crippen LogP contribution in [0, 0.1) is 0 Å². The Morgan fingerprint density at radius 1 is 1.58 bits per heavy atom. The molecule has 5 N–H and O–H groups in total. The van der Waals surface area contributed by atoms with Crippen LogP contribution < -0.4 is 16.8 Å². The van der Waals surface area contributed by atoms with Crippen molar-refractivity contribution >= 4 is 17.5 Å². The number of anilines is 2. The monoisotopic (exact) mass is 166 g/mol. The Kier molecular flexibility index (Phi) is 2.14. The number of rotatable bonds is 2. The number of nitrogens with two attached hydrogens (primary N) is 2. The summed E-state index contributed by atoms with van der Waals surface area (Å²) in [7, 11) is 1.71. The van der Waals surface area contributed by atoms with E-state index in [4.69, 9.17) is 11.5 Å². The number of carbonyl (C=O) groups is 1. The first-order valence-corrected chi connectivity index (χ1v) is 3.39.